The van der Waals surface area contributed by atoms with Gasteiger partial charge < -0.3 is 5.32 Å². The van der Waals surface area contributed by atoms with E-state index in [-0.39, 0.29) is 11.7 Å². The van der Waals surface area contributed by atoms with Crippen LogP contribution < -0.4 is 5.32 Å². The maximum Gasteiger partial charge on any atom is 0.231 e. The van der Waals surface area contributed by atoms with Gasteiger partial charge in [-0.1, -0.05) is 30.4 Å². The van der Waals surface area contributed by atoms with Crippen LogP contribution in [0.25, 0.3) is 0 Å². The summed E-state index contributed by atoms with van der Waals surface area (Å²) in [6.45, 7) is 2.43. The van der Waals surface area contributed by atoms with E-state index in [9.17, 15) is 9.18 Å². The molecule has 1 amide bonds. The quantitative estimate of drug-likeness (QED) is 0.924. The predicted octanol–water partition coefficient (Wildman–Crippen LogP) is 2.59. The second kappa shape index (κ2) is 5.52. The van der Waals surface area contributed by atoms with E-state index in [1.807, 2.05) is 6.92 Å². The molecule has 0 aliphatic heterocycles. The maximum absolute atomic E-state index is 13.0. The summed E-state index contributed by atoms with van der Waals surface area (Å²) in [5.74, 6) is -0.293. The summed E-state index contributed by atoms with van der Waals surface area (Å²) in [7, 11) is 0. The van der Waals surface area contributed by atoms with Crippen LogP contribution in [0.2, 0.25) is 0 Å². The van der Waals surface area contributed by atoms with Crippen molar-refractivity contribution in [3.05, 3.63) is 45.7 Å². The van der Waals surface area contributed by atoms with Gasteiger partial charge in [0.15, 0.2) is 0 Å². The molecule has 0 spiro atoms. The minimum absolute atomic E-state index is 0.0117. The number of hydrogen-bond donors (Lipinski definition) is 1. The van der Waals surface area contributed by atoms with E-state index in [2.05, 4.69) is 15.5 Å². The molecule has 0 saturated heterocycles. The smallest absolute Gasteiger partial charge is 0.231 e. The number of aryl methyl sites for hydroxylation is 1. The minimum atomic E-state index is -0.480. The van der Waals surface area contributed by atoms with E-state index in [0.717, 1.165) is 34.8 Å². The van der Waals surface area contributed by atoms with E-state index in [0.29, 0.717) is 6.54 Å². The topological polar surface area (TPSA) is 54.9 Å². The Kier molecular flexibility index (Phi) is 3.71. The average Bonchev–Trinajstić information content (AvgIpc) is 3.18. The van der Waals surface area contributed by atoms with Crippen molar-refractivity contribution >= 4 is 17.2 Å². The van der Waals surface area contributed by atoms with Crippen molar-refractivity contribution < 1.29 is 9.18 Å². The predicted molar refractivity (Wildman–Crippen MR) is 78.4 cm³/mol. The lowest BCUT2D eigenvalue weighted by Gasteiger charge is -2.15. The second-order valence-corrected chi connectivity index (χ2v) is 6.36. The number of nitrogens with zero attached hydrogens (tertiary/aromatic N) is 2. The molecule has 0 radical (unpaired) electrons. The summed E-state index contributed by atoms with van der Waals surface area (Å²) in [6, 6.07) is 6.20. The van der Waals surface area contributed by atoms with Gasteiger partial charge in [-0.15, -0.1) is 10.2 Å². The largest absolute Gasteiger partial charge is 0.349 e. The highest BCUT2D eigenvalue weighted by Crippen LogP contribution is 2.48. The van der Waals surface area contributed by atoms with E-state index in [1.54, 1.807) is 12.1 Å². The fourth-order valence-corrected chi connectivity index (χ4v) is 3.09. The molecule has 1 N–H and O–H groups in total. The fourth-order valence-electron chi connectivity index (χ4n) is 2.37. The van der Waals surface area contributed by atoms with Gasteiger partial charge in [-0.25, -0.2) is 4.39 Å². The van der Waals surface area contributed by atoms with Crippen molar-refractivity contribution in [1.29, 1.82) is 0 Å². The highest BCUT2D eigenvalue weighted by molar-refractivity contribution is 7.11. The number of benzene rings is 1. The molecule has 0 bridgehead atoms. The Morgan fingerprint density at radius 1 is 1.29 bits per heavy atom. The van der Waals surface area contributed by atoms with Crippen LogP contribution in [0.15, 0.2) is 24.3 Å². The summed E-state index contributed by atoms with van der Waals surface area (Å²) >= 11 is 1.52. The zero-order valence-corrected chi connectivity index (χ0v) is 12.5. The molecule has 1 saturated carbocycles. The molecule has 110 valence electrons. The van der Waals surface area contributed by atoms with Gasteiger partial charge in [0.1, 0.15) is 15.8 Å². The van der Waals surface area contributed by atoms with Crippen LogP contribution in [-0.4, -0.2) is 16.1 Å². The molecular weight excluding hydrogens is 289 g/mol. The molecule has 3 rings (SSSR count). The molecule has 4 nitrogen and oxygen atoms in total. The molecular formula is C15H16FN3OS. The molecule has 1 fully saturated rings. The van der Waals surface area contributed by atoms with E-state index >= 15 is 0 Å². The Balaban J connectivity index is 1.66. The van der Waals surface area contributed by atoms with Gasteiger partial charge in [0, 0.05) is 0 Å². The lowest BCUT2D eigenvalue weighted by atomic mass is 9.95. The first-order chi connectivity index (χ1) is 10.1. The Bertz CT molecular complexity index is 649. The molecule has 1 aliphatic carbocycles. The van der Waals surface area contributed by atoms with Gasteiger partial charge in [-0.3, -0.25) is 4.79 Å². The van der Waals surface area contributed by atoms with Crippen LogP contribution in [-0.2, 0) is 23.2 Å². The molecule has 1 heterocycles. The first-order valence-electron chi connectivity index (χ1n) is 6.99. The summed E-state index contributed by atoms with van der Waals surface area (Å²) in [6.07, 6.45) is 2.46. The molecule has 0 atom stereocenters. The second-order valence-electron chi connectivity index (χ2n) is 5.21. The van der Waals surface area contributed by atoms with Crippen molar-refractivity contribution in [1.82, 2.24) is 15.5 Å². The Labute approximate surface area is 126 Å². The maximum atomic E-state index is 13.0. The normalized spacial score (nSPS) is 15.7. The van der Waals surface area contributed by atoms with Gasteiger partial charge in [-0.2, -0.15) is 0 Å². The van der Waals surface area contributed by atoms with Crippen molar-refractivity contribution in [2.24, 2.45) is 0 Å². The SMILES string of the molecule is CCc1nnc(CNC(=O)C2(c3ccc(F)cc3)CC2)s1. The zero-order valence-electron chi connectivity index (χ0n) is 11.7. The Morgan fingerprint density at radius 3 is 2.52 bits per heavy atom. The van der Waals surface area contributed by atoms with Crippen LogP contribution in [0, 0.1) is 5.82 Å². The number of rotatable bonds is 5. The van der Waals surface area contributed by atoms with Crippen molar-refractivity contribution in [3.8, 4) is 0 Å². The first kappa shape index (κ1) is 14.1. The standard InChI is InChI=1S/C15H16FN3OS/c1-2-12-18-19-13(21-12)9-17-14(20)15(7-8-15)10-3-5-11(16)6-4-10/h3-6H,2,7-9H2,1H3,(H,17,20). The van der Waals surface area contributed by atoms with Crippen molar-refractivity contribution in [2.45, 2.75) is 38.1 Å². The Morgan fingerprint density at radius 2 is 1.95 bits per heavy atom. The molecule has 21 heavy (non-hydrogen) atoms. The number of aromatic nitrogens is 2. The molecule has 1 aromatic heterocycles. The number of carbonyl (C=O) groups is 1. The average molecular weight is 305 g/mol. The van der Waals surface area contributed by atoms with Crippen molar-refractivity contribution in [2.75, 3.05) is 0 Å². The van der Waals surface area contributed by atoms with Gasteiger partial charge in [-0.05, 0) is 37.0 Å². The molecule has 2 aromatic rings. The van der Waals surface area contributed by atoms with E-state index < -0.39 is 5.41 Å². The lowest BCUT2D eigenvalue weighted by Crippen LogP contribution is -2.34. The van der Waals surface area contributed by atoms with Crippen LogP contribution in [0.4, 0.5) is 4.39 Å². The summed E-state index contributed by atoms with van der Waals surface area (Å²) in [5.41, 5.74) is 0.402. The zero-order chi connectivity index (χ0) is 14.9. The molecule has 1 aliphatic rings. The van der Waals surface area contributed by atoms with E-state index in [1.165, 1.54) is 23.5 Å². The monoisotopic (exact) mass is 305 g/mol. The number of hydrogen-bond acceptors (Lipinski definition) is 4. The summed E-state index contributed by atoms with van der Waals surface area (Å²) in [5, 5.41) is 12.8. The summed E-state index contributed by atoms with van der Waals surface area (Å²) in [4.78, 5) is 12.4. The molecule has 6 heteroatoms. The highest BCUT2D eigenvalue weighted by Gasteiger charge is 2.51. The lowest BCUT2D eigenvalue weighted by molar-refractivity contribution is -0.123. The van der Waals surface area contributed by atoms with Crippen LogP contribution in [0.3, 0.4) is 0 Å². The molecule has 1 aromatic carbocycles. The third kappa shape index (κ3) is 2.81. The fraction of sp³-hybridized carbons (Fsp3) is 0.400. The van der Waals surface area contributed by atoms with Gasteiger partial charge >= 0.3 is 0 Å². The number of amides is 1. The molecule has 0 unspecified atom stereocenters. The van der Waals surface area contributed by atoms with Crippen LogP contribution >= 0.6 is 11.3 Å². The highest BCUT2D eigenvalue weighted by atomic mass is 32.1. The van der Waals surface area contributed by atoms with Gasteiger partial charge in [0.05, 0.1) is 12.0 Å². The number of nitrogens with one attached hydrogen (secondary N) is 1. The minimum Gasteiger partial charge on any atom is -0.349 e. The first-order valence-corrected chi connectivity index (χ1v) is 7.81. The van der Waals surface area contributed by atoms with Gasteiger partial charge in [0.25, 0.3) is 0 Å². The van der Waals surface area contributed by atoms with Crippen molar-refractivity contribution in [3.63, 3.8) is 0 Å². The summed E-state index contributed by atoms with van der Waals surface area (Å²) < 4.78 is 13.0. The van der Waals surface area contributed by atoms with Crippen LogP contribution in [0.5, 0.6) is 0 Å². The van der Waals surface area contributed by atoms with E-state index in [4.69, 9.17) is 0 Å². The third-order valence-electron chi connectivity index (χ3n) is 3.79. The van der Waals surface area contributed by atoms with Crippen LogP contribution in [0.1, 0.15) is 35.3 Å². The Hall–Kier alpha value is -1.82. The van der Waals surface area contributed by atoms with Gasteiger partial charge in [0.2, 0.25) is 5.91 Å². The third-order valence-corrected chi connectivity index (χ3v) is 4.86. The number of carbonyl (C=O) groups excluding carboxylic acids is 1. The number of halogens is 1.